The molecule has 21 heteroatoms. The maximum Gasteiger partial charge on any atom is 0.408 e. The van der Waals surface area contributed by atoms with Gasteiger partial charge < -0.3 is 47.3 Å². The van der Waals surface area contributed by atoms with Gasteiger partial charge in [0.25, 0.3) is 5.56 Å². The van der Waals surface area contributed by atoms with E-state index in [1.807, 2.05) is 19.9 Å². The first-order valence-electron chi connectivity index (χ1n) is 22.8. The number of fused-ring (bicyclic) bond motifs is 1. The second-order valence-electron chi connectivity index (χ2n) is 21.3. The van der Waals surface area contributed by atoms with Crippen molar-refractivity contribution in [2.24, 2.45) is 5.11 Å². The molecule has 0 bridgehead atoms. The Balaban J connectivity index is 1.76. The molecule has 0 radical (unpaired) electrons. The third-order valence-corrected chi connectivity index (χ3v) is 22.2. The van der Waals surface area contributed by atoms with Gasteiger partial charge in [0.15, 0.2) is 41.0 Å². The lowest BCUT2D eigenvalue weighted by atomic mass is 9.98. The molecular formula is C45H72N6O13Si2. The van der Waals surface area contributed by atoms with E-state index in [1.165, 1.54) is 16.8 Å². The maximum atomic E-state index is 14.9. The Kier molecular flexibility index (Phi) is 16.4. The summed E-state index contributed by atoms with van der Waals surface area (Å²) in [6.45, 7) is 29.3. The Morgan fingerprint density at radius 2 is 1.48 bits per heavy atom. The molecule has 2 aromatic rings. The van der Waals surface area contributed by atoms with Crippen molar-refractivity contribution in [2.75, 3.05) is 6.54 Å². The van der Waals surface area contributed by atoms with Gasteiger partial charge in [-0.15, -0.1) is 0 Å². The summed E-state index contributed by atoms with van der Waals surface area (Å²) in [5, 5.41) is 5.80. The maximum absolute atomic E-state index is 14.9. The predicted molar refractivity (Wildman–Crippen MR) is 249 cm³/mol. The summed E-state index contributed by atoms with van der Waals surface area (Å²) in [5.41, 5.74) is 7.58. The first kappa shape index (κ1) is 53.1. The second-order valence-corrected chi connectivity index (χ2v) is 30.8. The highest BCUT2D eigenvalue weighted by Crippen LogP contribution is 2.48. The van der Waals surface area contributed by atoms with Crippen LogP contribution >= 0.6 is 0 Å². The minimum Gasteiger partial charge on any atom is -0.458 e. The van der Waals surface area contributed by atoms with E-state index in [0.717, 1.165) is 0 Å². The van der Waals surface area contributed by atoms with Crippen molar-refractivity contribution in [1.29, 1.82) is 0 Å². The fraction of sp³-hybridized carbons (Fsp3) is 0.733. The van der Waals surface area contributed by atoms with Gasteiger partial charge >= 0.3 is 17.8 Å². The first-order chi connectivity index (χ1) is 30.6. The van der Waals surface area contributed by atoms with E-state index in [9.17, 15) is 24.7 Å². The highest BCUT2D eigenvalue weighted by Gasteiger charge is 2.62. The standard InChI is InChI=1S/C45H72N6O13Si2/c1-16-45(17-2)60-31-28(25-47-50-46)57-39(36(31)61-45)59-32(30(38(53)62-42(3,4)5)49-41(55)56-26-27-21-19-18-20-22-27)33-34(63-65(12,13)43(6,7)8)35(64-66(14,15)44(9,10)11)37(58-33)51-24-23-29(52)48-40(51)54/h18-24,28,30-37,39H,16-17,25-26H2,1-15H3,(H,49,55)(H,48,52,54)/t28-,30?,31?,32+,33-,34?,35?,36?,37-,39+/m1/s1. The molecule has 0 spiro atoms. The lowest BCUT2D eigenvalue weighted by molar-refractivity contribution is -0.269. The van der Waals surface area contributed by atoms with E-state index in [4.69, 9.17) is 42.0 Å². The Labute approximate surface area is 389 Å². The Hall–Kier alpha value is -3.90. The Morgan fingerprint density at radius 3 is 2.03 bits per heavy atom. The zero-order valence-electron chi connectivity index (χ0n) is 41.2. The SMILES string of the molecule is CCC1(CC)OC2C(O1)[C@@H](CN=[N+]=[N-])O[C@H]2O[C@@H](C(NC(=O)OCc1ccccc1)C(=O)OC(C)(C)C)[C@H]1O[C@@H](n2ccc(=O)[nH]c2=O)C(O[Si](C)(C)C(C)(C)C)C1O[Si](C)(C)C(C)(C)C. The lowest BCUT2D eigenvalue weighted by Gasteiger charge is -2.45. The van der Waals surface area contributed by atoms with Crippen LogP contribution in [0.4, 0.5) is 4.79 Å². The molecule has 368 valence electrons. The van der Waals surface area contributed by atoms with E-state index in [1.54, 1.807) is 45.0 Å². The van der Waals surface area contributed by atoms with E-state index in [2.05, 4.69) is 88.1 Å². The van der Waals surface area contributed by atoms with E-state index in [0.29, 0.717) is 18.4 Å². The van der Waals surface area contributed by atoms with Crippen molar-refractivity contribution in [3.63, 3.8) is 0 Å². The van der Waals surface area contributed by atoms with Crippen molar-refractivity contribution in [2.45, 2.75) is 205 Å². The first-order valence-corrected chi connectivity index (χ1v) is 28.6. The van der Waals surface area contributed by atoms with Gasteiger partial charge in [-0.25, -0.2) is 14.4 Å². The number of azide groups is 1. The molecule has 3 fully saturated rings. The molecule has 2 N–H and O–H groups in total. The van der Waals surface area contributed by atoms with Gasteiger partial charge in [-0.3, -0.25) is 14.3 Å². The number of alkyl carbamates (subject to hydrolysis) is 1. The molecule has 5 unspecified atom stereocenters. The predicted octanol–water partition coefficient (Wildman–Crippen LogP) is 7.57. The Bertz CT molecular complexity index is 2160. The average molecular weight is 961 g/mol. The van der Waals surface area contributed by atoms with Gasteiger partial charge in [0.05, 0.1) is 12.6 Å². The highest BCUT2D eigenvalue weighted by molar-refractivity contribution is 6.74. The number of amides is 1. The molecule has 5 rings (SSSR count). The third kappa shape index (κ3) is 12.2. The number of carbonyl (C=O) groups excluding carboxylic acids is 2. The van der Waals surface area contributed by atoms with Crippen molar-refractivity contribution in [3.8, 4) is 0 Å². The number of aromatic amines is 1. The zero-order chi connectivity index (χ0) is 49.2. The van der Waals surface area contributed by atoms with Crippen LogP contribution in [0.2, 0.25) is 36.3 Å². The van der Waals surface area contributed by atoms with Gasteiger partial charge in [0.1, 0.15) is 48.8 Å². The number of hydrogen-bond acceptors (Lipinski definition) is 14. The fourth-order valence-corrected chi connectivity index (χ4v) is 10.1. The summed E-state index contributed by atoms with van der Waals surface area (Å²) in [4.78, 5) is 60.5. The molecule has 10 atom stereocenters. The van der Waals surface area contributed by atoms with E-state index >= 15 is 0 Å². The van der Waals surface area contributed by atoms with Gasteiger partial charge in [0, 0.05) is 17.2 Å². The van der Waals surface area contributed by atoms with Crippen LogP contribution in [-0.4, -0.2) is 111 Å². The van der Waals surface area contributed by atoms with Gasteiger partial charge in [0.2, 0.25) is 0 Å². The molecule has 1 aromatic heterocycles. The summed E-state index contributed by atoms with van der Waals surface area (Å²) in [6.07, 6.45) is -8.94. The van der Waals surface area contributed by atoms with Crippen LogP contribution in [0.15, 0.2) is 57.3 Å². The number of carbonyl (C=O) groups is 2. The molecule has 3 aliphatic rings. The van der Waals surface area contributed by atoms with Crippen LogP contribution in [0.5, 0.6) is 0 Å². The smallest absolute Gasteiger partial charge is 0.408 e. The van der Waals surface area contributed by atoms with Crippen LogP contribution in [0.25, 0.3) is 10.4 Å². The lowest BCUT2D eigenvalue weighted by Crippen LogP contribution is -2.61. The molecule has 4 heterocycles. The molecule has 0 saturated carbocycles. The summed E-state index contributed by atoms with van der Waals surface area (Å²) in [7, 11) is -5.68. The van der Waals surface area contributed by atoms with Gasteiger partial charge in [-0.05, 0) is 81.0 Å². The number of esters is 1. The fourth-order valence-electron chi connectivity index (χ4n) is 7.55. The van der Waals surface area contributed by atoms with Gasteiger partial charge in [-0.1, -0.05) is 90.8 Å². The Morgan fingerprint density at radius 1 is 0.894 bits per heavy atom. The number of benzene rings is 1. The number of rotatable bonds is 17. The molecule has 3 saturated heterocycles. The normalized spacial score (nSPS) is 26.5. The molecular weight excluding hydrogens is 889 g/mol. The molecule has 1 amide bonds. The quantitative estimate of drug-likeness (QED) is 0.0513. The van der Waals surface area contributed by atoms with Crippen LogP contribution < -0.4 is 16.6 Å². The summed E-state index contributed by atoms with van der Waals surface area (Å²) >= 11 is 0. The van der Waals surface area contributed by atoms with Crippen molar-refractivity contribution in [3.05, 3.63) is 79.4 Å². The van der Waals surface area contributed by atoms with Crippen LogP contribution in [0.3, 0.4) is 0 Å². The second kappa shape index (κ2) is 20.4. The van der Waals surface area contributed by atoms with Gasteiger partial charge in [-0.2, -0.15) is 0 Å². The number of H-pyrrole nitrogens is 1. The van der Waals surface area contributed by atoms with Crippen LogP contribution in [0, 0.1) is 0 Å². The molecule has 19 nitrogen and oxygen atoms in total. The minimum absolute atomic E-state index is 0.131. The average Bonchev–Trinajstić information content (AvgIpc) is 3.86. The number of nitrogens with zero attached hydrogens (tertiary/aromatic N) is 4. The zero-order valence-corrected chi connectivity index (χ0v) is 43.2. The largest absolute Gasteiger partial charge is 0.458 e. The van der Waals surface area contributed by atoms with Crippen LogP contribution in [0.1, 0.15) is 101 Å². The van der Waals surface area contributed by atoms with Crippen molar-refractivity contribution >= 4 is 28.7 Å². The van der Waals surface area contributed by atoms with E-state index in [-0.39, 0.29) is 23.2 Å². The molecule has 3 aliphatic heterocycles. The molecule has 1 aromatic carbocycles. The molecule has 0 aliphatic carbocycles. The molecule has 66 heavy (non-hydrogen) atoms. The number of aromatic nitrogens is 2. The van der Waals surface area contributed by atoms with Crippen molar-refractivity contribution < 1.29 is 51.6 Å². The van der Waals surface area contributed by atoms with Crippen LogP contribution in [-0.2, 0) is 53.4 Å². The number of ether oxygens (including phenoxy) is 7. The topological polar surface area (TPSA) is 233 Å². The van der Waals surface area contributed by atoms with Crippen molar-refractivity contribution in [1.82, 2.24) is 14.9 Å². The summed E-state index contributed by atoms with van der Waals surface area (Å²) < 4.78 is 61.4. The van der Waals surface area contributed by atoms with E-state index < -0.39 is 113 Å². The monoisotopic (exact) mass is 960 g/mol. The minimum atomic E-state index is -2.87. The highest BCUT2D eigenvalue weighted by atomic mass is 28.4. The third-order valence-electron chi connectivity index (χ3n) is 13.3. The summed E-state index contributed by atoms with van der Waals surface area (Å²) in [5.74, 6) is -1.95. The summed E-state index contributed by atoms with van der Waals surface area (Å²) in [6, 6.07) is 8.53. The number of nitrogens with one attached hydrogen (secondary N) is 2. The number of hydrogen-bond donors (Lipinski definition) is 2.